The van der Waals surface area contributed by atoms with Crippen LogP contribution in [0.1, 0.15) is 25.3 Å². The molecule has 1 fully saturated rings. The van der Waals surface area contributed by atoms with Crippen LogP contribution in [0.15, 0.2) is 24.3 Å². The molecule has 0 aromatic heterocycles. The SMILES string of the molecule is CC1CCCN(Cc2ccccc2F)C1. The topological polar surface area (TPSA) is 3.24 Å². The lowest BCUT2D eigenvalue weighted by atomic mass is 10.00. The molecule has 1 saturated heterocycles. The zero-order valence-corrected chi connectivity index (χ0v) is 9.25. The second-order valence-electron chi connectivity index (χ2n) is 4.57. The van der Waals surface area contributed by atoms with Gasteiger partial charge in [0.25, 0.3) is 0 Å². The van der Waals surface area contributed by atoms with E-state index in [-0.39, 0.29) is 5.82 Å². The minimum Gasteiger partial charge on any atom is -0.299 e. The monoisotopic (exact) mass is 207 g/mol. The van der Waals surface area contributed by atoms with E-state index in [1.807, 2.05) is 12.1 Å². The Bertz CT molecular complexity index is 324. The van der Waals surface area contributed by atoms with E-state index >= 15 is 0 Å². The third-order valence-electron chi connectivity index (χ3n) is 3.09. The Morgan fingerprint density at radius 3 is 2.93 bits per heavy atom. The molecule has 1 unspecified atom stereocenters. The third kappa shape index (κ3) is 2.78. The number of rotatable bonds is 2. The molecule has 1 aromatic carbocycles. The van der Waals surface area contributed by atoms with E-state index in [0.29, 0.717) is 0 Å². The quantitative estimate of drug-likeness (QED) is 0.720. The standard InChI is InChI=1S/C13H18FN/c1-11-5-4-8-15(9-11)10-12-6-2-3-7-13(12)14/h2-3,6-7,11H,4-5,8-10H2,1H3. The summed E-state index contributed by atoms with van der Waals surface area (Å²) in [7, 11) is 0. The molecule has 0 bridgehead atoms. The van der Waals surface area contributed by atoms with Crippen molar-refractivity contribution in [1.82, 2.24) is 4.90 Å². The Morgan fingerprint density at radius 1 is 1.40 bits per heavy atom. The largest absolute Gasteiger partial charge is 0.299 e. The molecule has 0 saturated carbocycles. The number of nitrogens with zero attached hydrogens (tertiary/aromatic N) is 1. The lowest BCUT2D eigenvalue weighted by molar-refractivity contribution is 0.175. The molecule has 1 nitrogen and oxygen atoms in total. The van der Waals surface area contributed by atoms with Gasteiger partial charge in [-0.2, -0.15) is 0 Å². The number of benzene rings is 1. The van der Waals surface area contributed by atoms with Gasteiger partial charge in [0.05, 0.1) is 0 Å². The maximum atomic E-state index is 13.4. The molecule has 82 valence electrons. The Labute approximate surface area is 90.9 Å². The highest BCUT2D eigenvalue weighted by atomic mass is 19.1. The fourth-order valence-electron chi connectivity index (χ4n) is 2.30. The smallest absolute Gasteiger partial charge is 0.127 e. The van der Waals surface area contributed by atoms with Crippen LogP contribution in [0.25, 0.3) is 0 Å². The minimum absolute atomic E-state index is 0.0734. The van der Waals surface area contributed by atoms with E-state index in [9.17, 15) is 4.39 Å². The van der Waals surface area contributed by atoms with Gasteiger partial charge >= 0.3 is 0 Å². The normalized spacial score (nSPS) is 22.9. The van der Waals surface area contributed by atoms with Gasteiger partial charge in [-0.05, 0) is 31.4 Å². The van der Waals surface area contributed by atoms with Crippen LogP contribution >= 0.6 is 0 Å². The molecule has 1 aliphatic heterocycles. The first kappa shape index (κ1) is 10.6. The van der Waals surface area contributed by atoms with Gasteiger partial charge in [0.1, 0.15) is 5.82 Å². The highest BCUT2D eigenvalue weighted by Crippen LogP contribution is 2.18. The van der Waals surface area contributed by atoms with Gasteiger partial charge in [-0.25, -0.2) is 4.39 Å². The Kier molecular flexibility index (Phi) is 3.37. The van der Waals surface area contributed by atoms with Crippen LogP contribution in [0, 0.1) is 11.7 Å². The Hall–Kier alpha value is -0.890. The van der Waals surface area contributed by atoms with Crippen molar-refractivity contribution in [3.63, 3.8) is 0 Å². The summed E-state index contributed by atoms with van der Waals surface area (Å²) in [6.07, 6.45) is 2.56. The summed E-state index contributed by atoms with van der Waals surface area (Å²) >= 11 is 0. The first-order chi connectivity index (χ1) is 7.25. The molecule has 2 heteroatoms. The Balaban J connectivity index is 1.99. The molecule has 1 aliphatic rings. The number of halogens is 1. The van der Waals surface area contributed by atoms with E-state index in [0.717, 1.165) is 31.1 Å². The highest BCUT2D eigenvalue weighted by molar-refractivity contribution is 5.17. The molecular weight excluding hydrogens is 189 g/mol. The van der Waals surface area contributed by atoms with Gasteiger partial charge in [0, 0.05) is 18.7 Å². The first-order valence-corrected chi connectivity index (χ1v) is 5.71. The molecule has 0 spiro atoms. The fourth-order valence-corrected chi connectivity index (χ4v) is 2.30. The van der Waals surface area contributed by atoms with Crippen LogP contribution in [0.2, 0.25) is 0 Å². The summed E-state index contributed by atoms with van der Waals surface area (Å²) < 4.78 is 13.4. The van der Waals surface area contributed by atoms with Gasteiger partial charge in [-0.1, -0.05) is 25.1 Å². The predicted octanol–water partition coefficient (Wildman–Crippen LogP) is 3.06. The second kappa shape index (κ2) is 4.75. The molecule has 2 rings (SSSR count). The summed E-state index contributed by atoms with van der Waals surface area (Å²) in [4.78, 5) is 2.35. The molecule has 1 heterocycles. The van der Waals surface area contributed by atoms with Crippen molar-refractivity contribution in [3.8, 4) is 0 Å². The number of likely N-dealkylation sites (tertiary alicyclic amines) is 1. The lowest BCUT2D eigenvalue weighted by Gasteiger charge is -2.30. The summed E-state index contributed by atoms with van der Waals surface area (Å²) in [5.74, 6) is 0.682. The number of hydrogen-bond acceptors (Lipinski definition) is 1. The van der Waals surface area contributed by atoms with E-state index < -0.39 is 0 Å². The molecule has 0 radical (unpaired) electrons. The molecule has 0 aliphatic carbocycles. The van der Waals surface area contributed by atoms with Crippen molar-refractivity contribution >= 4 is 0 Å². The van der Waals surface area contributed by atoms with E-state index in [2.05, 4.69) is 11.8 Å². The van der Waals surface area contributed by atoms with Gasteiger partial charge in [0.15, 0.2) is 0 Å². The van der Waals surface area contributed by atoms with Crippen molar-refractivity contribution in [3.05, 3.63) is 35.6 Å². The van der Waals surface area contributed by atoms with Crippen LogP contribution < -0.4 is 0 Å². The Morgan fingerprint density at radius 2 is 2.20 bits per heavy atom. The molecule has 0 N–H and O–H groups in total. The number of hydrogen-bond donors (Lipinski definition) is 0. The zero-order valence-electron chi connectivity index (χ0n) is 9.25. The molecule has 1 aromatic rings. The van der Waals surface area contributed by atoms with Gasteiger partial charge < -0.3 is 0 Å². The van der Waals surface area contributed by atoms with Gasteiger partial charge in [-0.3, -0.25) is 4.90 Å². The lowest BCUT2D eigenvalue weighted by Crippen LogP contribution is -2.33. The minimum atomic E-state index is -0.0734. The summed E-state index contributed by atoms with van der Waals surface area (Å²) in [6.45, 7) is 5.25. The zero-order chi connectivity index (χ0) is 10.7. The van der Waals surface area contributed by atoms with Crippen LogP contribution in [0.5, 0.6) is 0 Å². The third-order valence-corrected chi connectivity index (χ3v) is 3.09. The van der Waals surface area contributed by atoms with Crippen molar-refractivity contribution < 1.29 is 4.39 Å². The fraction of sp³-hybridized carbons (Fsp3) is 0.538. The number of piperidine rings is 1. The maximum Gasteiger partial charge on any atom is 0.127 e. The van der Waals surface area contributed by atoms with E-state index in [1.54, 1.807) is 12.1 Å². The first-order valence-electron chi connectivity index (χ1n) is 5.71. The van der Waals surface area contributed by atoms with Gasteiger partial charge in [0.2, 0.25) is 0 Å². The average molecular weight is 207 g/mol. The maximum absolute atomic E-state index is 13.4. The second-order valence-corrected chi connectivity index (χ2v) is 4.57. The molecular formula is C13H18FN. The van der Waals surface area contributed by atoms with Crippen molar-refractivity contribution in [2.45, 2.75) is 26.3 Å². The summed E-state index contributed by atoms with van der Waals surface area (Å²) in [5, 5.41) is 0. The van der Waals surface area contributed by atoms with Crippen LogP contribution in [-0.2, 0) is 6.54 Å². The summed E-state index contributed by atoms with van der Waals surface area (Å²) in [6, 6.07) is 7.08. The van der Waals surface area contributed by atoms with Crippen LogP contribution in [0.3, 0.4) is 0 Å². The highest BCUT2D eigenvalue weighted by Gasteiger charge is 2.16. The predicted molar refractivity (Wildman–Crippen MR) is 60.1 cm³/mol. The molecule has 0 amide bonds. The van der Waals surface area contributed by atoms with Crippen molar-refractivity contribution in [2.24, 2.45) is 5.92 Å². The van der Waals surface area contributed by atoms with E-state index in [4.69, 9.17) is 0 Å². The van der Waals surface area contributed by atoms with Gasteiger partial charge in [-0.15, -0.1) is 0 Å². The average Bonchev–Trinajstić information content (AvgIpc) is 2.22. The van der Waals surface area contributed by atoms with Crippen LogP contribution in [-0.4, -0.2) is 18.0 Å². The van der Waals surface area contributed by atoms with Crippen LogP contribution in [0.4, 0.5) is 4.39 Å². The molecule has 15 heavy (non-hydrogen) atoms. The molecule has 1 atom stereocenters. The van der Waals surface area contributed by atoms with Crippen molar-refractivity contribution in [2.75, 3.05) is 13.1 Å². The van der Waals surface area contributed by atoms with Crippen molar-refractivity contribution in [1.29, 1.82) is 0 Å². The van der Waals surface area contributed by atoms with E-state index in [1.165, 1.54) is 12.8 Å². The summed E-state index contributed by atoms with van der Waals surface area (Å²) in [5.41, 5.74) is 0.826.